The second-order valence-electron chi connectivity index (χ2n) is 6.36. The molecule has 0 saturated carbocycles. The molecule has 0 aromatic heterocycles. The third-order valence-electron chi connectivity index (χ3n) is 4.59. The minimum Gasteiger partial charge on any atom is -0.870 e. The fraction of sp³-hybridized carbons (Fsp3) is 0.263. The number of hydrogen-bond donors (Lipinski definition) is 2. The lowest BCUT2D eigenvalue weighted by atomic mass is 9.95. The highest BCUT2D eigenvalue weighted by atomic mass is 35.5. The van der Waals surface area contributed by atoms with E-state index >= 15 is 0 Å². The summed E-state index contributed by atoms with van der Waals surface area (Å²) in [4.78, 5) is 37.2. The van der Waals surface area contributed by atoms with Gasteiger partial charge in [-0.1, -0.05) is 11.6 Å². The van der Waals surface area contributed by atoms with Crippen LogP contribution in [0.25, 0.3) is 0 Å². The van der Waals surface area contributed by atoms with Gasteiger partial charge in [0.1, 0.15) is 5.82 Å². The smallest absolute Gasteiger partial charge is 0.253 e. The first kappa shape index (κ1) is 21.5. The van der Waals surface area contributed by atoms with Crippen LogP contribution in [0.3, 0.4) is 0 Å². The van der Waals surface area contributed by atoms with Crippen molar-refractivity contribution < 1.29 is 24.6 Å². The Morgan fingerprint density at radius 3 is 2.32 bits per heavy atom. The van der Waals surface area contributed by atoms with Crippen LogP contribution in [-0.2, 0) is 4.79 Å². The number of rotatable bonds is 4. The van der Waals surface area contributed by atoms with Crippen molar-refractivity contribution in [3.63, 3.8) is 0 Å². The molecular formula is C19H19ClFN3O4. The van der Waals surface area contributed by atoms with Gasteiger partial charge in [-0.25, -0.2) is 4.39 Å². The van der Waals surface area contributed by atoms with Gasteiger partial charge in [-0.3, -0.25) is 9.59 Å². The first-order valence-electron chi connectivity index (χ1n) is 8.51. The Labute approximate surface area is 165 Å². The van der Waals surface area contributed by atoms with E-state index in [2.05, 4.69) is 5.32 Å². The van der Waals surface area contributed by atoms with Crippen LogP contribution < -0.4 is 10.5 Å². The topological polar surface area (TPSA) is 110 Å². The molecule has 1 saturated heterocycles. The molecule has 1 fully saturated rings. The van der Waals surface area contributed by atoms with Crippen molar-refractivity contribution in [1.29, 1.82) is 0 Å². The molecule has 9 heteroatoms. The average molecular weight is 408 g/mol. The molecule has 0 unspecified atom stereocenters. The quantitative estimate of drug-likeness (QED) is 0.809. The van der Waals surface area contributed by atoms with Crippen molar-refractivity contribution in [3.05, 3.63) is 63.8 Å². The van der Waals surface area contributed by atoms with Gasteiger partial charge in [0.05, 0.1) is 5.02 Å². The van der Waals surface area contributed by atoms with Crippen molar-refractivity contribution in [2.24, 2.45) is 5.92 Å². The lowest BCUT2D eigenvalue weighted by Crippen LogP contribution is -2.55. The molecule has 1 aliphatic heterocycles. The van der Waals surface area contributed by atoms with Gasteiger partial charge in [0.25, 0.3) is 11.6 Å². The Morgan fingerprint density at radius 1 is 1.11 bits per heavy atom. The summed E-state index contributed by atoms with van der Waals surface area (Å²) in [5.74, 6) is -1.07. The SMILES string of the molecule is O=[NH+]c1ccc(C(=O)N2CCC(C(=O)Nc3ccc(F)c(Cl)c3)CC2)cc1.[OH-]. The van der Waals surface area contributed by atoms with Crippen LogP contribution in [0.1, 0.15) is 23.2 Å². The van der Waals surface area contributed by atoms with E-state index in [1.807, 2.05) is 0 Å². The number of nitroso groups, excluding NO2 is 1. The third kappa shape index (κ3) is 4.90. The fourth-order valence-corrected chi connectivity index (χ4v) is 3.21. The minimum absolute atomic E-state index is 0. The van der Waals surface area contributed by atoms with Gasteiger partial charge in [-0.2, -0.15) is 0 Å². The molecule has 0 aliphatic carbocycles. The number of nitrogens with one attached hydrogen (secondary N) is 2. The van der Waals surface area contributed by atoms with E-state index in [-0.39, 0.29) is 28.2 Å². The molecule has 148 valence electrons. The van der Waals surface area contributed by atoms with Gasteiger partial charge in [-0.05, 0) is 43.2 Å². The van der Waals surface area contributed by atoms with E-state index in [4.69, 9.17) is 11.6 Å². The molecule has 0 bridgehead atoms. The zero-order valence-electron chi connectivity index (χ0n) is 14.8. The van der Waals surface area contributed by atoms with E-state index in [1.165, 1.54) is 18.2 Å². The van der Waals surface area contributed by atoms with Crippen molar-refractivity contribution in [2.45, 2.75) is 12.8 Å². The Morgan fingerprint density at radius 2 is 1.75 bits per heavy atom. The zero-order valence-corrected chi connectivity index (χ0v) is 15.6. The second kappa shape index (κ2) is 9.38. The molecule has 0 atom stereocenters. The van der Waals surface area contributed by atoms with Crippen molar-refractivity contribution in [1.82, 2.24) is 4.90 Å². The van der Waals surface area contributed by atoms with E-state index in [1.54, 1.807) is 34.3 Å². The fourth-order valence-electron chi connectivity index (χ4n) is 3.03. The van der Waals surface area contributed by atoms with Crippen LogP contribution in [-0.4, -0.2) is 35.3 Å². The molecule has 3 rings (SSSR count). The Balaban J connectivity index is 0.00000280. The highest BCUT2D eigenvalue weighted by molar-refractivity contribution is 6.31. The second-order valence-corrected chi connectivity index (χ2v) is 6.77. The number of amides is 2. The molecule has 2 aromatic carbocycles. The van der Waals surface area contributed by atoms with Crippen LogP contribution >= 0.6 is 11.6 Å². The number of carbonyl (C=O) groups excluding carboxylic acids is 2. The molecule has 3 N–H and O–H groups in total. The first-order valence-corrected chi connectivity index (χ1v) is 8.89. The number of nitrogens with zero attached hydrogens (tertiary/aromatic N) is 1. The number of benzene rings is 2. The van der Waals surface area contributed by atoms with Crippen LogP contribution in [0.15, 0.2) is 42.5 Å². The first-order chi connectivity index (χ1) is 13.0. The van der Waals surface area contributed by atoms with Gasteiger partial charge in [0.15, 0.2) is 0 Å². The lowest BCUT2D eigenvalue weighted by Gasteiger charge is -2.31. The number of piperidine rings is 1. The average Bonchev–Trinajstić information content (AvgIpc) is 2.70. The van der Waals surface area contributed by atoms with Gasteiger partial charge < -0.3 is 15.7 Å². The van der Waals surface area contributed by atoms with Gasteiger partial charge >= 0.3 is 0 Å². The highest BCUT2D eigenvalue weighted by Crippen LogP contribution is 2.23. The Bertz CT molecular complexity index is 868. The number of likely N-dealkylation sites (tertiary alicyclic amines) is 1. The summed E-state index contributed by atoms with van der Waals surface area (Å²) in [6, 6.07) is 10.3. The molecule has 7 nitrogen and oxygen atoms in total. The van der Waals surface area contributed by atoms with Gasteiger partial charge in [-0.15, -0.1) is 0 Å². The zero-order chi connectivity index (χ0) is 19.4. The summed E-state index contributed by atoms with van der Waals surface area (Å²) in [5, 5.41) is 4.46. The predicted molar refractivity (Wildman–Crippen MR) is 101 cm³/mol. The van der Waals surface area contributed by atoms with E-state index in [9.17, 15) is 18.9 Å². The van der Waals surface area contributed by atoms with E-state index in [0.717, 1.165) is 0 Å². The Kier molecular flexibility index (Phi) is 7.19. The normalized spacial score (nSPS) is 14.1. The molecular weight excluding hydrogens is 389 g/mol. The maximum absolute atomic E-state index is 13.2. The highest BCUT2D eigenvalue weighted by Gasteiger charge is 2.28. The summed E-state index contributed by atoms with van der Waals surface area (Å²) in [6.45, 7) is 0.922. The number of halogens is 2. The summed E-state index contributed by atoms with van der Waals surface area (Å²) in [5.41, 5.74) is 1.33. The maximum Gasteiger partial charge on any atom is 0.253 e. The van der Waals surface area contributed by atoms with Gasteiger partial charge in [0, 0.05) is 52.5 Å². The summed E-state index contributed by atoms with van der Waals surface area (Å²) < 4.78 is 13.2. The largest absolute Gasteiger partial charge is 0.870 e. The molecule has 0 radical (unpaired) electrons. The van der Waals surface area contributed by atoms with Crippen LogP contribution in [0.2, 0.25) is 5.02 Å². The van der Waals surface area contributed by atoms with E-state index < -0.39 is 5.82 Å². The molecule has 1 heterocycles. The van der Waals surface area contributed by atoms with Crippen molar-refractivity contribution in [2.75, 3.05) is 18.4 Å². The lowest BCUT2D eigenvalue weighted by molar-refractivity contribution is -0.379. The Hall–Kier alpha value is -2.84. The summed E-state index contributed by atoms with van der Waals surface area (Å²) >= 11 is 5.72. The number of anilines is 1. The number of carbonyl (C=O) groups is 2. The van der Waals surface area contributed by atoms with Crippen LogP contribution in [0.5, 0.6) is 0 Å². The van der Waals surface area contributed by atoms with Gasteiger partial charge in [0.2, 0.25) is 5.91 Å². The van der Waals surface area contributed by atoms with Crippen LogP contribution in [0.4, 0.5) is 15.8 Å². The van der Waals surface area contributed by atoms with Crippen molar-refractivity contribution in [3.8, 4) is 0 Å². The van der Waals surface area contributed by atoms with Crippen molar-refractivity contribution >= 4 is 34.8 Å². The standard InChI is InChI=1S/C19H17ClFN3O3.H2O/c20-16-11-15(5-6-17(16)21)22-18(25)12-7-9-24(10-8-12)19(26)13-1-3-14(23-27)4-2-13;/h1-6,11-12H,7-10H2,(H,22,25);1H2. The predicted octanol–water partition coefficient (Wildman–Crippen LogP) is 2.27. The molecule has 2 amide bonds. The van der Waals surface area contributed by atoms with E-state index in [0.29, 0.717) is 42.9 Å². The summed E-state index contributed by atoms with van der Waals surface area (Å²) in [7, 11) is 0. The summed E-state index contributed by atoms with van der Waals surface area (Å²) in [6.07, 6.45) is 1.07. The molecule has 0 spiro atoms. The maximum atomic E-state index is 13.2. The molecule has 2 aromatic rings. The molecule has 28 heavy (non-hydrogen) atoms. The minimum atomic E-state index is -0.541. The monoisotopic (exact) mass is 407 g/mol. The third-order valence-corrected chi connectivity index (χ3v) is 4.88. The number of hydrogen-bond acceptors (Lipinski definition) is 4. The van der Waals surface area contributed by atoms with Crippen LogP contribution in [0, 0.1) is 16.6 Å². The molecule has 1 aliphatic rings.